The Bertz CT molecular complexity index is 412. The number of carbonyl (C=O) groups excluding carboxylic acids is 1. The normalized spacial score (nSPS) is 17.1. The van der Waals surface area contributed by atoms with Crippen molar-refractivity contribution in [3.05, 3.63) is 17.8 Å². The Hall–Kier alpha value is -1.65. The van der Waals surface area contributed by atoms with Crippen molar-refractivity contribution in [2.24, 2.45) is 0 Å². The molecule has 0 radical (unpaired) electrons. The van der Waals surface area contributed by atoms with Crippen LogP contribution in [0.4, 0.5) is 5.82 Å². The van der Waals surface area contributed by atoms with Gasteiger partial charge in [0.1, 0.15) is 0 Å². The van der Waals surface area contributed by atoms with Crippen LogP contribution in [-0.4, -0.2) is 35.2 Å². The van der Waals surface area contributed by atoms with E-state index in [-0.39, 0.29) is 11.9 Å². The topological polar surface area (TPSA) is 58.1 Å². The summed E-state index contributed by atoms with van der Waals surface area (Å²) in [4.78, 5) is 14.1. The lowest BCUT2D eigenvalue weighted by Crippen LogP contribution is -2.33. The van der Waals surface area contributed by atoms with Gasteiger partial charge in [-0.15, -0.1) is 10.2 Å². The van der Waals surface area contributed by atoms with Crippen LogP contribution < -0.4 is 10.2 Å². The third kappa shape index (κ3) is 3.66. The van der Waals surface area contributed by atoms with Crippen molar-refractivity contribution in [2.75, 3.05) is 18.0 Å². The number of rotatable bonds is 4. The summed E-state index contributed by atoms with van der Waals surface area (Å²) in [5.74, 6) is 0.729. The highest BCUT2D eigenvalue weighted by atomic mass is 16.2. The van der Waals surface area contributed by atoms with E-state index < -0.39 is 0 Å². The summed E-state index contributed by atoms with van der Waals surface area (Å²) in [6, 6.07) is 3.81. The Labute approximate surface area is 114 Å². The van der Waals surface area contributed by atoms with E-state index in [0.29, 0.717) is 5.69 Å². The lowest BCUT2D eigenvalue weighted by molar-refractivity contribution is 0.0933. The SMILES string of the molecule is CCC(C)NC(=O)c1ccc(N2CCCCC2)nn1. The summed E-state index contributed by atoms with van der Waals surface area (Å²) in [5, 5.41) is 11.1. The van der Waals surface area contributed by atoms with E-state index in [9.17, 15) is 4.79 Å². The molecule has 1 unspecified atom stereocenters. The molecule has 0 spiro atoms. The van der Waals surface area contributed by atoms with E-state index >= 15 is 0 Å². The van der Waals surface area contributed by atoms with Gasteiger partial charge in [-0.1, -0.05) is 6.92 Å². The average molecular weight is 262 g/mol. The van der Waals surface area contributed by atoms with Crippen LogP contribution in [0.5, 0.6) is 0 Å². The summed E-state index contributed by atoms with van der Waals surface area (Å²) >= 11 is 0. The van der Waals surface area contributed by atoms with Gasteiger partial charge >= 0.3 is 0 Å². The Morgan fingerprint density at radius 3 is 2.63 bits per heavy atom. The van der Waals surface area contributed by atoms with Gasteiger partial charge in [-0.2, -0.15) is 0 Å². The number of piperidine rings is 1. The van der Waals surface area contributed by atoms with E-state index in [4.69, 9.17) is 0 Å². The molecule has 1 aliphatic rings. The van der Waals surface area contributed by atoms with Gasteiger partial charge in [0.2, 0.25) is 0 Å². The van der Waals surface area contributed by atoms with Crippen molar-refractivity contribution in [3.63, 3.8) is 0 Å². The average Bonchev–Trinajstić information content (AvgIpc) is 2.48. The Morgan fingerprint density at radius 1 is 1.32 bits per heavy atom. The maximum Gasteiger partial charge on any atom is 0.272 e. The molecule has 1 fully saturated rings. The fourth-order valence-electron chi connectivity index (χ4n) is 2.14. The number of hydrogen-bond donors (Lipinski definition) is 1. The van der Waals surface area contributed by atoms with Crippen molar-refractivity contribution < 1.29 is 4.79 Å². The zero-order valence-corrected chi connectivity index (χ0v) is 11.7. The molecule has 1 aromatic heterocycles. The first-order chi connectivity index (χ1) is 9.20. The van der Waals surface area contributed by atoms with Crippen molar-refractivity contribution in [1.82, 2.24) is 15.5 Å². The molecule has 2 heterocycles. The van der Waals surface area contributed by atoms with Gasteiger partial charge in [0.25, 0.3) is 5.91 Å². The monoisotopic (exact) mass is 262 g/mol. The predicted molar refractivity (Wildman–Crippen MR) is 75.3 cm³/mol. The molecule has 1 amide bonds. The first-order valence-corrected chi connectivity index (χ1v) is 7.10. The lowest BCUT2D eigenvalue weighted by atomic mass is 10.1. The Kier molecular flexibility index (Phi) is 4.71. The lowest BCUT2D eigenvalue weighted by Gasteiger charge is -2.27. The van der Waals surface area contributed by atoms with Gasteiger partial charge in [0.15, 0.2) is 11.5 Å². The number of nitrogens with zero attached hydrogens (tertiary/aromatic N) is 3. The van der Waals surface area contributed by atoms with Gasteiger partial charge in [-0.05, 0) is 44.7 Å². The van der Waals surface area contributed by atoms with Crippen LogP contribution in [0.2, 0.25) is 0 Å². The highest BCUT2D eigenvalue weighted by molar-refractivity contribution is 5.92. The van der Waals surface area contributed by atoms with Gasteiger partial charge in [0.05, 0.1) is 0 Å². The van der Waals surface area contributed by atoms with Crippen molar-refractivity contribution in [3.8, 4) is 0 Å². The zero-order valence-electron chi connectivity index (χ0n) is 11.7. The summed E-state index contributed by atoms with van der Waals surface area (Å²) < 4.78 is 0. The van der Waals surface area contributed by atoms with E-state index in [2.05, 4.69) is 20.4 Å². The van der Waals surface area contributed by atoms with Gasteiger partial charge in [0, 0.05) is 19.1 Å². The molecule has 1 atom stereocenters. The molecule has 0 bridgehead atoms. The molecule has 2 rings (SSSR count). The van der Waals surface area contributed by atoms with E-state index in [0.717, 1.165) is 25.3 Å². The zero-order chi connectivity index (χ0) is 13.7. The van der Waals surface area contributed by atoms with Gasteiger partial charge < -0.3 is 10.2 Å². The van der Waals surface area contributed by atoms with Crippen LogP contribution in [0, 0.1) is 0 Å². The largest absolute Gasteiger partial charge is 0.355 e. The fraction of sp³-hybridized carbons (Fsp3) is 0.643. The second-order valence-corrected chi connectivity index (χ2v) is 5.11. The number of nitrogens with one attached hydrogen (secondary N) is 1. The maximum absolute atomic E-state index is 11.9. The second-order valence-electron chi connectivity index (χ2n) is 5.11. The number of carbonyl (C=O) groups is 1. The van der Waals surface area contributed by atoms with E-state index in [1.165, 1.54) is 19.3 Å². The maximum atomic E-state index is 11.9. The van der Waals surface area contributed by atoms with Crippen LogP contribution in [0.25, 0.3) is 0 Å². The van der Waals surface area contributed by atoms with Crippen molar-refractivity contribution in [1.29, 1.82) is 0 Å². The summed E-state index contributed by atoms with van der Waals surface area (Å²) in [6.07, 6.45) is 4.61. The van der Waals surface area contributed by atoms with Crippen LogP contribution in [0.3, 0.4) is 0 Å². The van der Waals surface area contributed by atoms with Gasteiger partial charge in [-0.3, -0.25) is 4.79 Å². The molecule has 1 aliphatic heterocycles. The van der Waals surface area contributed by atoms with E-state index in [1.54, 1.807) is 6.07 Å². The molecule has 104 valence electrons. The molecular formula is C14H22N4O. The predicted octanol–water partition coefficient (Wildman–Crippen LogP) is 2.00. The second kappa shape index (κ2) is 6.50. The minimum absolute atomic E-state index is 0.146. The summed E-state index contributed by atoms with van der Waals surface area (Å²) in [7, 11) is 0. The summed E-state index contributed by atoms with van der Waals surface area (Å²) in [6.45, 7) is 6.09. The molecule has 0 saturated carbocycles. The smallest absolute Gasteiger partial charge is 0.272 e. The number of aromatic nitrogens is 2. The first-order valence-electron chi connectivity index (χ1n) is 7.10. The first kappa shape index (κ1) is 13.8. The highest BCUT2D eigenvalue weighted by Gasteiger charge is 2.14. The van der Waals surface area contributed by atoms with Crippen LogP contribution in [-0.2, 0) is 0 Å². The molecule has 0 aromatic carbocycles. The Balaban J connectivity index is 1.99. The molecular weight excluding hydrogens is 240 g/mol. The molecule has 19 heavy (non-hydrogen) atoms. The quantitative estimate of drug-likeness (QED) is 0.901. The molecule has 0 aliphatic carbocycles. The number of anilines is 1. The third-order valence-electron chi connectivity index (χ3n) is 3.55. The molecule has 5 nitrogen and oxygen atoms in total. The highest BCUT2D eigenvalue weighted by Crippen LogP contribution is 2.16. The standard InChI is InChI=1S/C14H22N4O/c1-3-11(2)15-14(19)12-7-8-13(17-16-12)18-9-5-4-6-10-18/h7-8,11H,3-6,9-10H2,1-2H3,(H,15,19). The molecule has 1 saturated heterocycles. The van der Waals surface area contributed by atoms with Gasteiger partial charge in [-0.25, -0.2) is 0 Å². The minimum Gasteiger partial charge on any atom is -0.355 e. The Morgan fingerprint density at radius 2 is 2.05 bits per heavy atom. The fourth-order valence-corrected chi connectivity index (χ4v) is 2.14. The number of amides is 1. The molecule has 1 N–H and O–H groups in total. The molecule has 5 heteroatoms. The van der Waals surface area contributed by atoms with Crippen LogP contribution >= 0.6 is 0 Å². The third-order valence-corrected chi connectivity index (χ3v) is 3.55. The van der Waals surface area contributed by atoms with E-state index in [1.807, 2.05) is 19.9 Å². The van der Waals surface area contributed by atoms with Crippen molar-refractivity contribution >= 4 is 11.7 Å². The summed E-state index contributed by atoms with van der Waals surface area (Å²) in [5.41, 5.74) is 0.390. The number of hydrogen-bond acceptors (Lipinski definition) is 4. The van der Waals surface area contributed by atoms with Crippen LogP contribution in [0.15, 0.2) is 12.1 Å². The molecule has 1 aromatic rings. The van der Waals surface area contributed by atoms with Crippen molar-refractivity contribution in [2.45, 2.75) is 45.6 Å². The minimum atomic E-state index is -0.146. The van der Waals surface area contributed by atoms with Crippen LogP contribution in [0.1, 0.15) is 50.0 Å².